The highest BCUT2D eigenvalue weighted by Crippen LogP contribution is 2.61. The van der Waals surface area contributed by atoms with Crippen LogP contribution >= 0.6 is 0 Å². The number of benzene rings is 2. The topological polar surface area (TPSA) is 85.8 Å². The summed E-state index contributed by atoms with van der Waals surface area (Å²) in [6.45, 7) is 10.1. The molecule has 2 aromatic heterocycles. The number of likely N-dealkylation sites (tertiary alicyclic amines) is 1. The van der Waals surface area contributed by atoms with Gasteiger partial charge in [0, 0.05) is 31.0 Å². The summed E-state index contributed by atoms with van der Waals surface area (Å²) in [5.41, 5.74) is 9.15. The van der Waals surface area contributed by atoms with E-state index in [9.17, 15) is 4.79 Å². The Morgan fingerprint density at radius 3 is 2.35 bits per heavy atom. The fraction of sp³-hybridized carbons (Fsp3) is 0.300. The molecule has 2 atom stereocenters. The van der Waals surface area contributed by atoms with Gasteiger partial charge in [-0.1, -0.05) is 38.0 Å². The summed E-state index contributed by atoms with van der Waals surface area (Å²) in [5.74, 6) is 9.64. The molecule has 0 radical (unpaired) electrons. The molecule has 1 aliphatic heterocycles. The Morgan fingerprint density at radius 1 is 1.05 bits per heavy atom. The first-order valence-electron chi connectivity index (χ1n) is 12.4. The van der Waals surface area contributed by atoms with Crippen LogP contribution in [0.25, 0.3) is 16.8 Å². The Hall–Kier alpha value is -4.31. The van der Waals surface area contributed by atoms with E-state index >= 15 is 0 Å². The zero-order chi connectivity index (χ0) is 26.2. The number of nitrogens with two attached hydrogens (primary N) is 1. The highest BCUT2D eigenvalue weighted by molar-refractivity contribution is 5.93. The average Bonchev–Trinajstić information content (AvgIpc) is 3.25. The minimum absolute atomic E-state index is 0.00509. The Morgan fingerprint density at radius 2 is 1.70 bits per heavy atom. The Balaban J connectivity index is 0.000000182. The summed E-state index contributed by atoms with van der Waals surface area (Å²) in [5, 5.41) is 0. The molecular formula is C30H31N5O2. The fourth-order valence-corrected chi connectivity index (χ4v) is 5.20. The molecule has 7 heteroatoms. The van der Waals surface area contributed by atoms with E-state index in [0.717, 1.165) is 59.0 Å². The number of carbonyl (C=O) groups is 1. The SMILES string of the molecule is CC#CC(=O)N1C[C@@H]2[C@H](C1)C2(C)C.Cc1nc(-c2ccc(Oc3ccccc3)cc2)c2c(N)nccn12. The van der Waals surface area contributed by atoms with Crippen LogP contribution in [-0.4, -0.2) is 38.3 Å². The minimum Gasteiger partial charge on any atom is -0.457 e. The number of anilines is 1. The van der Waals surface area contributed by atoms with Crippen LogP contribution < -0.4 is 10.5 Å². The summed E-state index contributed by atoms with van der Waals surface area (Å²) in [6.07, 6.45) is 3.54. The summed E-state index contributed by atoms with van der Waals surface area (Å²) >= 11 is 0. The summed E-state index contributed by atoms with van der Waals surface area (Å²) in [6, 6.07) is 17.5. The van der Waals surface area contributed by atoms with Crippen LogP contribution in [0.15, 0.2) is 67.0 Å². The first-order chi connectivity index (χ1) is 17.8. The monoisotopic (exact) mass is 493 g/mol. The van der Waals surface area contributed by atoms with Gasteiger partial charge in [0.1, 0.15) is 34.4 Å². The number of para-hydroxylation sites is 1. The number of fused-ring (bicyclic) bond motifs is 2. The quantitative estimate of drug-likeness (QED) is 0.396. The van der Waals surface area contributed by atoms with Crippen molar-refractivity contribution in [2.24, 2.45) is 17.3 Å². The van der Waals surface area contributed by atoms with Gasteiger partial charge in [-0.3, -0.25) is 9.20 Å². The zero-order valence-electron chi connectivity index (χ0n) is 21.6. The molecule has 2 N–H and O–H groups in total. The van der Waals surface area contributed by atoms with E-state index in [1.807, 2.05) is 77.0 Å². The van der Waals surface area contributed by atoms with Crippen molar-refractivity contribution < 1.29 is 9.53 Å². The molecule has 2 aromatic carbocycles. The van der Waals surface area contributed by atoms with Crippen molar-refractivity contribution in [1.82, 2.24) is 19.3 Å². The summed E-state index contributed by atoms with van der Waals surface area (Å²) < 4.78 is 7.77. The highest BCUT2D eigenvalue weighted by atomic mass is 16.5. The molecule has 0 unspecified atom stereocenters. The molecular weight excluding hydrogens is 462 g/mol. The number of rotatable bonds is 3. The molecule has 188 valence electrons. The number of imidazole rings is 1. The average molecular weight is 494 g/mol. The molecule has 1 saturated heterocycles. The Kier molecular flexibility index (Phi) is 6.34. The lowest BCUT2D eigenvalue weighted by atomic mass is 10.1. The molecule has 4 aromatic rings. The van der Waals surface area contributed by atoms with Crippen molar-refractivity contribution in [2.45, 2.75) is 27.7 Å². The maximum absolute atomic E-state index is 11.4. The van der Waals surface area contributed by atoms with Crippen LogP contribution in [0.4, 0.5) is 5.82 Å². The molecule has 0 spiro atoms. The number of nitrogen functional groups attached to an aromatic ring is 1. The highest BCUT2D eigenvalue weighted by Gasteiger charge is 2.62. The lowest BCUT2D eigenvalue weighted by molar-refractivity contribution is -0.124. The van der Waals surface area contributed by atoms with Crippen molar-refractivity contribution in [2.75, 3.05) is 18.8 Å². The van der Waals surface area contributed by atoms with Crippen LogP contribution in [0.2, 0.25) is 0 Å². The zero-order valence-corrected chi connectivity index (χ0v) is 21.6. The number of hydrogen-bond donors (Lipinski definition) is 1. The molecule has 37 heavy (non-hydrogen) atoms. The van der Waals surface area contributed by atoms with E-state index in [4.69, 9.17) is 10.5 Å². The molecule has 2 fully saturated rings. The van der Waals surface area contributed by atoms with Gasteiger partial charge in [-0.05, 0) is 73.4 Å². The first kappa shape index (κ1) is 24.4. The van der Waals surface area contributed by atoms with Crippen LogP contribution in [0.5, 0.6) is 11.5 Å². The van der Waals surface area contributed by atoms with Crippen LogP contribution in [-0.2, 0) is 4.79 Å². The second-order valence-corrected chi connectivity index (χ2v) is 10.1. The predicted octanol–water partition coefficient (Wildman–Crippen LogP) is 5.20. The third kappa shape index (κ3) is 4.75. The molecule has 1 saturated carbocycles. The first-order valence-corrected chi connectivity index (χ1v) is 12.4. The van der Waals surface area contributed by atoms with Gasteiger partial charge in [0.25, 0.3) is 5.91 Å². The number of amides is 1. The third-order valence-electron chi connectivity index (χ3n) is 7.51. The van der Waals surface area contributed by atoms with Crippen molar-refractivity contribution in [3.8, 4) is 34.6 Å². The number of aryl methyl sites for hydroxylation is 1. The van der Waals surface area contributed by atoms with E-state index in [1.54, 1.807) is 13.1 Å². The van der Waals surface area contributed by atoms with Gasteiger partial charge in [0.15, 0.2) is 0 Å². The van der Waals surface area contributed by atoms with E-state index in [1.165, 1.54) is 0 Å². The number of piperidine rings is 1. The van der Waals surface area contributed by atoms with Crippen LogP contribution in [0.3, 0.4) is 0 Å². The lowest BCUT2D eigenvalue weighted by Gasteiger charge is -2.19. The second kappa shape index (κ2) is 9.62. The summed E-state index contributed by atoms with van der Waals surface area (Å²) in [4.78, 5) is 22.1. The predicted molar refractivity (Wildman–Crippen MR) is 145 cm³/mol. The van der Waals surface area contributed by atoms with E-state index in [2.05, 4.69) is 35.7 Å². The van der Waals surface area contributed by atoms with Crippen LogP contribution in [0.1, 0.15) is 26.6 Å². The van der Waals surface area contributed by atoms with Gasteiger partial charge in [0.2, 0.25) is 0 Å². The minimum atomic E-state index is 0.00509. The molecule has 1 aliphatic carbocycles. The van der Waals surface area contributed by atoms with Crippen molar-refractivity contribution >= 4 is 17.2 Å². The molecule has 7 nitrogen and oxygen atoms in total. The molecule has 3 heterocycles. The second-order valence-electron chi connectivity index (χ2n) is 10.1. The van der Waals surface area contributed by atoms with Gasteiger partial charge in [-0.2, -0.15) is 0 Å². The van der Waals surface area contributed by atoms with E-state index in [0.29, 0.717) is 11.2 Å². The molecule has 2 aliphatic rings. The largest absolute Gasteiger partial charge is 0.457 e. The Labute approximate surface area is 217 Å². The van der Waals surface area contributed by atoms with E-state index in [-0.39, 0.29) is 5.91 Å². The van der Waals surface area contributed by atoms with Crippen molar-refractivity contribution in [3.63, 3.8) is 0 Å². The third-order valence-corrected chi connectivity index (χ3v) is 7.51. The maximum Gasteiger partial charge on any atom is 0.298 e. The Bertz CT molecular complexity index is 1480. The molecule has 1 amide bonds. The number of ether oxygens (including phenoxy) is 1. The summed E-state index contributed by atoms with van der Waals surface area (Å²) in [7, 11) is 0. The maximum atomic E-state index is 11.4. The van der Waals surface area contributed by atoms with Gasteiger partial charge < -0.3 is 15.4 Å². The standard InChI is InChI=1S/C19H16N4O.C11H15NO/c1-13-22-17(18-19(20)21-11-12-23(13)18)14-7-9-16(10-8-14)24-15-5-3-2-4-6-15;1-4-5-10(13)12-6-8-9(7-12)11(8,2)3/h2-12H,1H3,(H2,20,21);8-9H,6-7H2,1-3H3/t;8-,9+. The molecule has 6 rings (SSSR count). The number of hydrogen-bond acceptors (Lipinski definition) is 5. The lowest BCUT2D eigenvalue weighted by Crippen LogP contribution is -2.31. The van der Waals surface area contributed by atoms with E-state index < -0.39 is 0 Å². The normalized spacial score (nSPS) is 18.8. The van der Waals surface area contributed by atoms with Gasteiger partial charge in [-0.15, -0.1) is 0 Å². The van der Waals surface area contributed by atoms with Gasteiger partial charge in [0.05, 0.1) is 0 Å². The number of aromatic nitrogens is 3. The fourth-order valence-electron chi connectivity index (χ4n) is 5.20. The smallest absolute Gasteiger partial charge is 0.298 e. The van der Waals surface area contributed by atoms with Crippen molar-refractivity contribution in [3.05, 3.63) is 72.8 Å². The number of carbonyl (C=O) groups excluding carboxylic acids is 1. The number of nitrogens with zero attached hydrogens (tertiary/aromatic N) is 4. The molecule has 0 bridgehead atoms. The van der Waals surface area contributed by atoms with Gasteiger partial charge in [-0.25, -0.2) is 9.97 Å². The van der Waals surface area contributed by atoms with Gasteiger partial charge >= 0.3 is 0 Å². The van der Waals surface area contributed by atoms with Crippen LogP contribution in [0, 0.1) is 36.0 Å². The van der Waals surface area contributed by atoms with Crippen molar-refractivity contribution in [1.29, 1.82) is 0 Å².